The lowest BCUT2D eigenvalue weighted by Crippen LogP contribution is -2.39. The van der Waals surface area contributed by atoms with Crippen LogP contribution < -0.4 is 5.32 Å². The van der Waals surface area contributed by atoms with Crippen LogP contribution in [0.2, 0.25) is 0 Å². The first kappa shape index (κ1) is 17.9. The highest BCUT2D eigenvalue weighted by Gasteiger charge is 2.30. The van der Waals surface area contributed by atoms with Crippen molar-refractivity contribution in [3.8, 4) is 10.6 Å². The van der Waals surface area contributed by atoms with Crippen molar-refractivity contribution in [1.82, 2.24) is 15.2 Å². The lowest BCUT2D eigenvalue weighted by molar-refractivity contribution is -0.137. The summed E-state index contributed by atoms with van der Waals surface area (Å²) in [6.45, 7) is 1.69. The van der Waals surface area contributed by atoms with Crippen LogP contribution in [0.15, 0.2) is 29.6 Å². The van der Waals surface area contributed by atoms with Crippen molar-refractivity contribution in [3.05, 3.63) is 40.9 Å². The quantitative estimate of drug-likeness (QED) is 0.900. The van der Waals surface area contributed by atoms with Gasteiger partial charge in [0, 0.05) is 30.6 Å². The van der Waals surface area contributed by atoms with Gasteiger partial charge in [-0.1, -0.05) is 12.1 Å². The van der Waals surface area contributed by atoms with Crippen LogP contribution in [0.1, 0.15) is 17.7 Å². The van der Waals surface area contributed by atoms with E-state index in [9.17, 15) is 18.0 Å². The second-order valence-corrected chi connectivity index (χ2v) is 6.91. The second kappa shape index (κ2) is 7.13. The molecule has 0 saturated carbocycles. The fraction of sp³-hybridized carbons (Fsp3) is 0.412. The minimum absolute atomic E-state index is 0.0328. The first-order valence-electron chi connectivity index (χ1n) is 7.93. The fourth-order valence-electron chi connectivity index (χ4n) is 2.80. The molecule has 2 heterocycles. The number of nitrogens with one attached hydrogen (secondary N) is 1. The number of benzene rings is 1. The Morgan fingerprint density at radius 3 is 2.92 bits per heavy atom. The van der Waals surface area contributed by atoms with E-state index in [1.807, 2.05) is 0 Å². The van der Waals surface area contributed by atoms with E-state index in [-0.39, 0.29) is 18.4 Å². The number of likely N-dealkylation sites (N-methyl/N-ethyl adjacent to an activating group) is 1. The molecule has 1 aliphatic heterocycles. The smallest absolute Gasteiger partial charge is 0.341 e. The maximum atomic E-state index is 12.8. The van der Waals surface area contributed by atoms with Gasteiger partial charge in [0.1, 0.15) is 5.01 Å². The number of halogens is 3. The van der Waals surface area contributed by atoms with Gasteiger partial charge in [0.05, 0.1) is 17.7 Å². The first-order chi connectivity index (χ1) is 11.8. The lowest BCUT2D eigenvalue weighted by Gasteiger charge is -2.23. The van der Waals surface area contributed by atoms with Gasteiger partial charge in [0.25, 0.3) is 0 Å². The minimum atomic E-state index is -4.38. The van der Waals surface area contributed by atoms with E-state index in [0.717, 1.165) is 31.6 Å². The summed E-state index contributed by atoms with van der Waals surface area (Å²) in [6.07, 6.45) is -3.30. The normalized spacial score (nSPS) is 17.7. The van der Waals surface area contributed by atoms with Crippen molar-refractivity contribution in [2.75, 3.05) is 20.1 Å². The molecule has 0 radical (unpaired) electrons. The molecular formula is C17H18F3N3OS. The van der Waals surface area contributed by atoms with Gasteiger partial charge in [-0.2, -0.15) is 13.2 Å². The molecule has 0 spiro atoms. The predicted octanol–water partition coefficient (Wildman–Crippen LogP) is 3.19. The molecule has 0 aliphatic carbocycles. The standard InChI is InChI=1S/C17H18F3N3OS/c1-23(14-5-6-21-9-14)15(24)8-13-10-25-16(22-13)11-3-2-4-12(7-11)17(18,19)20/h2-4,7,10,14,21H,5-6,8-9H2,1H3. The van der Waals surface area contributed by atoms with Crippen LogP contribution in [0, 0.1) is 0 Å². The summed E-state index contributed by atoms with van der Waals surface area (Å²) in [5.41, 5.74) is 0.290. The zero-order valence-corrected chi connectivity index (χ0v) is 14.5. The van der Waals surface area contributed by atoms with Crippen molar-refractivity contribution >= 4 is 17.2 Å². The molecule has 2 aromatic rings. The topological polar surface area (TPSA) is 45.2 Å². The number of hydrogen-bond donors (Lipinski definition) is 1. The summed E-state index contributed by atoms with van der Waals surface area (Å²) in [5.74, 6) is -0.0328. The van der Waals surface area contributed by atoms with Crippen LogP contribution in [0.3, 0.4) is 0 Å². The Morgan fingerprint density at radius 1 is 1.44 bits per heavy atom. The molecule has 8 heteroatoms. The Hall–Kier alpha value is -1.93. The number of rotatable bonds is 4. The predicted molar refractivity (Wildman–Crippen MR) is 90.3 cm³/mol. The van der Waals surface area contributed by atoms with Crippen LogP contribution >= 0.6 is 11.3 Å². The Kier molecular flexibility index (Phi) is 5.10. The summed E-state index contributed by atoms with van der Waals surface area (Å²) in [6, 6.07) is 5.27. The third kappa shape index (κ3) is 4.19. The van der Waals surface area contributed by atoms with Crippen LogP contribution in [-0.4, -0.2) is 42.0 Å². The van der Waals surface area contributed by atoms with Crippen LogP contribution in [-0.2, 0) is 17.4 Å². The molecule has 4 nitrogen and oxygen atoms in total. The van der Waals surface area contributed by atoms with Crippen LogP contribution in [0.4, 0.5) is 13.2 Å². The fourth-order valence-corrected chi connectivity index (χ4v) is 3.62. The summed E-state index contributed by atoms with van der Waals surface area (Å²) < 4.78 is 38.5. The Balaban J connectivity index is 1.71. The van der Waals surface area contributed by atoms with Crippen molar-refractivity contribution in [3.63, 3.8) is 0 Å². The SMILES string of the molecule is CN(C(=O)Cc1csc(-c2cccc(C(F)(F)F)c2)n1)C1CCNC1. The van der Waals surface area contributed by atoms with Gasteiger partial charge in [0.15, 0.2) is 0 Å². The third-order valence-electron chi connectivity index (χ3n) is 4.30. The Bertz CT molecular complexity index is 754. The summed E-state index contributed by atoms with van der Waals surface area (Å²) in [4.78, 5) is 18.4. The lowest BCUT2D eigenvalue weighted by atomic mass is 10.1. The molecule has 134 valence electrons. The van der Waals surface area contributed by atoms with E-state index >= 15 is 0 Å². The molecule has 3 rings (SSSR count). The van der Waals surface area contributed by atoms with Crippen LogP contribution in [0.25, 0.3) is 10.6 Å². The highest BCUT2D eigenvalue weighted by atomic mass is 32.1. The van der Waals surface area contributed by atoms with Gasteiger partial charge < -0.3 is 10.2 Å². The van der Waals surface area contributed by atoms with E-state index in [1.54, 1.807) is 23.4 Å². The molecule has 1 aliphatic rings. The van der Waals surface area contributed by atoms with Crippen molar-refractivity contribution in [2.45, 2.75) is 25.1 Å². The van der Waals surface area contributed by atoms with Gasteiger partial charge in [0.2, 0.25) is 5.91 Å². The zero-order valence-electron chi connectivity index (χ0n) is 13.6. The molecule has 25 heavy (non-hydrogen) atoms. The molecule has 1 aromatic heterocycles. The molecule has 1 atom stereocenters. The molecule has 1 amide bonds. The van der Waals surface area contributed by atoms with Gasteiger partial charge in [-0.15, -0.1) is 11.3 Å². The van der Waals surface area contributed by atoms with E-state index < -0.39 is 11.7 Å². The number of alkyl halides is 3. The number of aromatic nitrogens is 1. The Morgan fingerprint density at radius 2 is 2.24 bits per heavy atom. The highest BCUT2D eigenvalue weighted by Crippen LogP contribution is 2.33. The number of thiazole rings is 1. The largest absolute Gasteiger partial charge is 0.416 e. The molecule has 1 unspecified atom stereocenters. The van der Waals surface area contributed by atoms with Crippen molar-refractivity contribution < 1.29 is 18.0 Å². The summed E-state index contributed by atoms with van der Waals surface area (Å²) >= 11 is 1.25. The van der Waals surface area contributed by atoms with Gasteiger partial charge in [-0.3, -0.25) is 4.79 Å². The number of amides is 1. The van der Waals surface area contributed by atoms with Gasteiger partial charge in [-0.25, -0.2) is 4.98 Å². The monoisotopic (exact) mass is 369 g/mol. The second-order valence-electron chi connectivity index (χ2n) is 6.05. The van der Waals surface area contributed by atoms with Gasteiger partial charge >= 0.3 is 6.18 Å². The first-order valence-corrected chi connectivity index (χ1v) is 8.81. The van der Waals surface area contributed by atoms with Crippen LogP contribution in [0.5, 0.6) is 0 Å². The maximum Gasteiger partial charge on any atom is 0.416 e. The summed E-state index contributed by atoms with van der Waals surface area (Å²) in [5, 5.41) is 5.43. The van der Waals surface area contributed by atoms with E-state index in [4.69, 9.17) is 0 Å². The Labute approximate surface area is 147 Å². The number of nitrogens with zero attached hydrogens (tertiary/aromatic N) is 2. The zero-order chi connectivity index (χ0) is 18.0. The highest BCUT2D eigenvalue weighted by molar-refractivity contribution is 7.13. The molecule has 1 saturated heterocycles. The number of carbonyl (C=O) groups excluding carboxylic acids is 1. The third-order valence-corrected chi connectivity index (χ3v) is 5.24. The van der Waals surface area contributed by atoms with E-state index in [2.05, 4.69) is 10.3 Å². The van der Waals surface area contributed by atoms with E-state index in [1.165, 1.54) is 17.4 Å². The molecule has 1 aromatic carbocycles. The maximum absolute atomic E-state index is 12.8. The van der Waals surface area contributed by atoms with E-state index in [0.29, 0.717) is 16.3 Å². The number of hydrogen-bond acceptors (Lipinski definition) is 4. The molecule has 0 bridgehead atoms. The summed E-state index contributed by atoms with van der Waals surface area (Å²) in [7, 11) is 1.78. The van der Waals surface area contributed by atoms with Crippen molar-refractivity contribution in [1.29, 1.82) is 0 Å². The molecule has 1 N–H and O–H groups in total. The minimum Gasteiger partial charge on any atom is -0.341 e. The van der Waals surface area contributed by atoms with Gasteiger partial charge in [-0.05, 0) is 25.1 Å². The average Bonchev–Trinajstić information content (AvgIpc) is 3.25. The molecule has 1 fully saturated rings. The van der Waals surface area contributed by atoms with Crippen molar-refractivity contribution in [2.24, 2.45) is 0 Å². The average molecular weight is 369 g/mol. The number of carbonyl (C=O) groups is 1. The molecular weight excluding hydrogens is 351 g/mol.